The van der Waals surface area contributed by atoms with E-state index in [-0.39, 0.29) is 5.78 Å². The largest absolute Gasteiger partial charge is 0.481 e. The average Bonchev–Trinajstić information content (AvgIpc) is 2.37. The van der Waals surface area contributed by atoms with Crippen LogP contribution in [0.2, 0.25) is 0 Å². The highest BCUT2D eigenvalue weighted by atomic mass is 16.4. The highest BCUT2D eigenvalue weighted by molar-refractivity contribution is 5.99. The maximum atomic E-state index is 11.5. The van der Waals surface area contributed by atoms with Gasteiger partial charge in [-0.15, -0.1) is 0 Å². The van der Waals surface area contributed by atoms with Crippen molar-refractivity contribution >= 4 is 23.4 Å². The predicted molar refractivity (Wildman–Crippen MR) is 71.5 cm³/mol. The van der Waals surface area contributed by atoms with E-state index in [2.05, 4.69) is 23.1 Å². The Labute approximate surface area is 111 Å². The van der Waals surface area contributed by atoms with Crippen molar-refractivity contribution in [2.24, 2.45) is 5.92 Å². The molecule has 1 unspecified atom stereocenters. The first-order valence-corrected chi connectivity index (χ1v) is 6.43. The van der Waals surface area contributed by atoms with E-state index < -0.39 is 11.9 Å². The molecule has 4 heteroatoms. The van der Waals surface area contributed by atoms with Crippen LogP contribution in [-0.2, 0) is 9.59 Å². The fraction of sp³-hybridized carbons (Fsp3) is 0.333. The fourth-order valence-electron chi connectivity index (χ4n) is 2.73. The van der Waals surface area contributed by atoms with Crippen molar-refractivity contribution in [2.75, 3.05) is 19.6 Å². The number of ketones is 1. The lowest BCUT2D eigenvalue weighted by Gasteiger charge is -2.32. The summed E-state index contributed by atoms with van der Waals surface area (Å²) in [5.74, 6) is -2.01. The lowest BCUT2D eigenvalue weighted by Crippen LogP contribution is -2.44. The molecule has 0 amide bonds. The van der Waals surface area contributed by atoms with Gasteiger partial charge in [0.2, 0.25) is 0 Å². The minimum absolute atomic E-state index is 0.147. The Morgan fingerprint density at radius 3 is 2.89 bits per heavy atom. The molecule has 19 heavy (non-hydrogen) atoms. The third-order valence-electron chi connectivity index (χ3n) is 3.83. The molecule has 1 aromatic carbocycles. The molecule has 0 radical (unpaired) electrons. The second kappa shape index (κ2) is 4.63. The highest BCUT2D eigenvalue weighted by Gasteiger charge is 2.33. The smallest absolute Gasteiger partial charge is 0.315 e. The van der Waals surface area contributed by atoms with E-state index in [1.807, 2.05) is 12.1 Å². The number of carboxylic acid groups (broad SMARTS) is 1. The van der Waals surface area contributed by atoms with Crippen molar-refractivity contribution in [3.05, 3.63) is 35.4 Å². The topological polar surface area (TPSA) is 57.6 Å². The maximum Gasteiger partial charge on any atom is 0.315 e. The van der Waals surface area contributed by atoms with Gasteiger partial charge in [-0.2, -0.15) is 0 Å². The van der Waals surface area contributed by atoms with Crippen LogP contribution in [0.25, 0.3) is 11.6 Å². The van der Waals surface area contributed by atoms with E-state index in [0.717, 1.165) is 6.54 Å². The number of hydrogen-bond donors (Lipinski definition) is 1. The van der Waals surface area contributed by atoms with Gasteiger partial charge >= 0.3 is 5.97 Å². The first-order valence-electron chi connectivity index (χ1n) is 6.43. The Morgan fingerprint density at radius 2 is 2.16 bits per heavy atom. The summed E-state index contributed by atoms with van der Waals surface area (Å²) < 4.78 is 0. The summed E-state index contributed by atoms with van der Waals surface area (Å²) in [5.41, 5.74) is 3.71. The zero-order chi connectivity index (χ0) is 13.4. The first-order chi connectivity index (χ1) is 9.15. The minimum Gasteiger partial charge on any atom is -0.481 e. The molecular weight excluding hydrogens is 242 g/mol. The monoisotopic (exact) mass is 257 g/mol. The van der Waals surface area contributed by atoms with Crippen molar-refractivity contribution in [1.29, 1.82) is 0 Å². The normalized spacial score (nSPS) is 22.4. The average molecular weight is 257 g/mol. The highest BCUT2D eigenvalue weighted by Crippen LogP contribution is 2.33. The van der Waals surface area contributed by atoms with Gasteiger partial charge in [0.15, 0.2) is 0 Å². The molecular formula is C15H15NO3. The van der Waals surface area contributed by atoms with Crippen molar-refractivity contribution < 1.29 is 14.7 Å². The van der Waals surface area contributed by atoms with Crippen LogP contribution >= 0.6 is 0 Å². The molecule has 1 atom stereocenters. The van der Waals surface area contributed by atoms with Crippen molar-refractivity contribution in [2.45, 2.75) is 6.42 Å². The Bertz CT molecular complexity index is 577. The van der Waals surface area contributed by atoms with E-state index in [1.54, 1.807) is 0 Å². The van der Waals surface area contributed by atoms with E-state index in [4.69, 9.17) is 5.11 Å². The summed E-state index contributed by atoms with van der Waals surface area (Å²) in [6.07, 6.45) is 2.47. The number of piperidine rings is 1. The van der Waals surface area contributed by atoms with Gasteiger partial charge in [0.1, 0.15) is 11.7 Å². The van der Waals surface area contributed by atoms with Crippen LogP contribution in [0.1, 0.15) is 17.5 Å². The fourth-order valence-corrected chi connectivity index (χ4v) is 2.73. The van der Waals surface area contributed by atoms with Crippen LogP contribution in [0.3, 0.4) is 0 Å². The molecule has 1 fully saturated rings. The van der Waals surface area contributed by atoms with Gasteiger partial charge in [-0.25, -0.2) is 0 Å². The molecule has 1 aliphatic heterocycles. The molecule has 1 aliphatic carbocycles. The first kappa shape index (κ1) is 12.1. The second-order valence-corrected chi connectivity index (χ2v) is 5.10. The Kier molecular flexibility index (Phi) is 2.95. The molecule has 0 aromatic heterocycles. The van der Waals surface area contributed by atoms with Crippen molar-refractivity contribution in [3.63, 3.8) is 0 Å². The van der Waals surface area contributed by atoms with Gasteiger partial charge in [0, 0.05) is 26.1 Å². The SMILES string of the molecule is O=C(O)C1CN(CC2=Cc3ccccc32)CCC1=O. The second-order valence-electron chi connectivity index (χ2n) is 5.10. The standard InChI is InChI=1S/C15H15NO3/c17-14-5-6-16(9-13(14)15(18)19)8-11-7-10-3-1-2-4-12(10)11/h1-4,7,13H,5-6,8-9H2,(H,18,19). The quantitative estimate of drug-likeness (QED) is 0.834. The van der Waals surface area contributed by atoms with Gasteiger partial charge < -0.3 is 5.11 Å². The third-order valence-corrected chi connectivity index (χ3v) is 3.83. The van der Waals surface area contributed by atoms with Gasteiger partial charge in [-0.05, 0) is 22.8 Å². The van der Waals surface area contributed by atoms with E-state index in [9.17, 15) is 9.59 Å². The molecule has 1 heterocycles. The number of benzene rings is 1. The number of aliphatic carboxylic acids is 1. The van der Waals surface area contributed by atoms with Crippen molar-refractivity contribution in [1.82, 2.24) is 4.90 Å². The van der Waals surface area contributed by atoms with Gasteiger partial charge in [-0.3, -0.25) is 14.5 Å². The summed E-state index contributed by atoms with van der Waals surface area (Å²) >= 11 is 0. The van der Waals surface area contributed by atoms with E-state index >= 15 is 0 Å². The van der Waals surface area contributed by atoms with Crippen LogP contribution in [0.4, 0.5) is 0 Å². The number of Topliss-reactive ketones (excluding diaryl/α,β-unsaturated/α-hetero) is 1. The van der Waals surface area contributed by atoms with Gasteiger partial charge in [-0.1, -0.05) is 24.3 Å². The summed E-state index contributed by atoms with van der Waals surface area (Å²) in [6, 6.07) is 8.16. The molecule has 0 spiro atoms. The third kappa shape index (κ3) is 2.19. The van der Waals surface area contributed by atoms with Crippen LogP contribution in [0.5, 0.6) is 0 Å². The Morgan fingerprint density at radius 1 is 1.37 bits per heavy atom. The molecule has 1 N–H and O–H groups in total. The predicted octanol–water partition coefficient (Wildman–Crippen LogP) is 1.52. The number of hydrogen-bond acceptors (Lipinski definition) is 3. The number of fused-ring (bicyclic) bond motifs is 1. The lowest BCUT2D eigenvalue weighted by atomic mass is 9.87. The number of carbonyl (C=O) groups excluding carboxylic acids is 1. The van der Waals surface area contributed by atoms with Crippen LogP contribution < -0.4 is 0 Å². The zero-order valence-electron chi connectivity index (χ0n) is 10.5. The Hall–Kier alpha value is -1.94. The molecule has 1 saturated heterocycles. The van der Waals surface area contributed by atoms with Gasteiger partial charge in [0.05, 0.1) is 0 Å². The molecule has 1 aromatic rings. The Balaban J connectivity index is 1.66. The summed E-state index contributed by atoms with van der Waals surface area (Å²) in [4.78, 5) is 24.6. The van der Waals surface area contributed by atoms with Gasteiger partial charge in [0.25, 0.3) is 0 Å². The molecule has 0 saturated carbocycles. The summed E-state index contributed by atoms with van der Waals surface area (Å²) in [7, 11) is 0. The maximum absolute atomic E-state index is 11.5. The van der Waals surface area contributed by atoms with Crippen LogP contribution in [0, 0.1) is 5.92 Å². The summed E-state index contributed by atoms with van der Waals surface area (Å²) in [6.45, 7) is 1.71. The van der Waals surface area contributed by atoms with Crippen LogP contribution in [0.15, 0.2) is 24.3 Å². The number of nitrogens with zero attached hydrogens (tertiary/aromatic N) is 1. The van der Waals surface area contributed by atoms with E-state index in [0.29, 0.717) is 19.5 Å². The molecule has 2 aliphatic rings. The minimum atomic E-state index is -1.00. The molecule has 98 valence electrons. The van der Waals surface area contributed by atoms with Crippen LogP contribution in [-0.4, -0.2) is 41.4 Å². The zero-order valence-corrected chi connectivity index (χ0v) is 10.5. The number of rotatable bonds is 3. The summed E-state index contributed by atoms with van der Waals surface area (Å²) in [5, 5.41) is 9.03. The van der Waals surface area contributed by atoms with Crippen molar-refractivity contribution in [3.8, 4) is 0 Å². The van der Waals surface area contributed by atoms with E-state index in [1.165, 1.54) is 16.7 Å². The lowest BCUT2D eigenvalue weighted by molar-refractivity contribution is -0.148. The number of carbonyl (C=O) groups is 2. The molecule has 0 bridgehead atoms. The molecule has 3 rings (SSSR count). The molecule has 4 nitrogen and oxygen atoms in total. The number of carboxylic acids is 1. The number of likely N-dealkylation sites (tertiary alicyclic amines) is 1.